The molecule has 0 amide bonds. The molecule has 0 unspecified atom stereocenters. The van der Waals surface area contributed by atoms with Crippen LogP contribution in [0.15, 0.2) is 219 Å². The van der Waals surface area contributed by atoms with Crippen molar-refractivity contribution in [1.82, 2.24) is 9.97 Å². The topological polar surface area (TPSA) is 32.3 Å². The van der Waals surface area contributed by atoms with Gasteiger partial charge in [0, 0.05) is 44.9 Å². The van der Waals surface area contributed by atoms with Gasteiger partial charge in [-0.1, -0.05) is 121 Å². The summed E-state index contributed by atoms with van der Waals surface area (Å²) < 4.78 is 0. The van der Waals surface area contributed by atoms with Crippen LogP contribution < -0.4 is 9.80 Å². The smallest absolute Gasteiger partial charge is 0.137 e. The molecule has 55 heavy (non-hydrogen) atoms. The lowest BCUT2D eigenvalue weighted by atomic mass is 10.0. The first-order valence-electron chi connectivity index (χ1n) is 18.3. The Hall–Kier alpha value is -7.08. The van der Waals surface area contributed by atoms with Gasteiger partial charge >= 0.3 is 0 Å². The van der Waals surface area contributed by atoms with Crippen LogP contribution in [0.4, 0.5) is 34.4 Å². The van der Waals surface area contributed by atoms with E-state index in [1.165, 1.54) is 43.1 Å². The Kier molecular flexibility index (Phi) is 9.50. The van der Waals surface area contributed by atoms with Crippen molar-refractivity contribution in [2.45, 2.75) is 0 Å². The highest BCUT2D eigenvalue weighted by atomic mass is 32.1. The number of hydrogen-bond donors (Lipinski definition) is 0. The Balaban J connectivity index is 0.962. The van der Waals surface area contributed by atoms with Crippen LogP contribution in [-0.4, -0.2) is 9.97 Å². The third-order valence-corrected chi connectivity index (χ3v) is 10.8. The van der Waals surface area contributed by atoms with Crippen molar-refractivity contribution in [3.8, 4) is 43.1 Å². The average Bonchev–Trinajstić information content (AvgIpc) is 3.77. The maximum absolute atomic E-state index is 4.72. The van der Waals surface area contributed by atoms with Crippen LogP contribution in [-0.2, 0) is 0 Å². The molecule has 0 bridgehead atoms. The van der Waals surface area contributed by atoms with Gasteiger partial charge in [0.25, 0.3) is 0 Å². The molecule has 262 valence electrons. The summed E-state index contributed by atoms with van der Waals surface area (Å²) >= 11 is 1.80. The Morgan fingerprint density at radius 2 is 0.582 bits per heavy atom. The lowest BCUT2D eigenvalue weighted by molar-refractivity contribution is 1.18. The van der Waals surface area contributed by atoms with E-state index in [-0.39, 0.29) is 0 Å². The predicted octanol–water partition coefficient (Wildman–Crippen LogP) is 14.1. The second-order valence-electron chi connectivity index (χ2n) is 13.1. The molecule has 0 saturated heterocycles. The Morgan fingerprint density at radius 1 is 0.273 bits per heavy atom. The zero-order valence-corrected chi connectivity index (χ0v) is 30.8. The Bertz CT molecular complexity index is 2410. The molecule has 3 heterocycles. The number of nitrogens with zero attached hydrogens (tertiary/aromatic N) is 4. The van der Waals surface area contributed by atoms with Crippen LogP contribution in [0.3, 0.4) is 0 Å². The van der Waals surface area contributed by atoms with Crippen LogP contribution in [0.2, 0.25) is 0 Å². The van der Waals surface area contributed by atoms with Crippen molar-refractivity contribution in [3.05, 3.63) is 219 Å². The minimum atomic E-state index is 0.871. The maximum Gasteiger partial charge on any atom is 0.137 e. The van der Waals surface area contributed by atoms with Gasteiger partial charge in [0.1, 0.15) is 11.6 Å². The van der Waals surface area contributed by atoms with E-state index in [1.807, 2.05) is 60.9 Å². The lowest BCUT2D eigenvalue weighted by Crippen LogP contribution is -2.11. The first kappa shape index (κ1) is 33.7. The fourth-order valence-corrected chi connectivity index (χ4v) is 7.88. The van der Waals surface area contributed by atoms with E-state index in [9.17, 15) is 0 Å². The minimum Gasteiger partial charge on any atom is -0.295 e. The molecule has 0 aliphatic heterocycles. The third-order valence-electron chi connectivity index (χ3n) is 9.65. The lowest BCUT2D eigenvalue weighted by Gasteiger charge is -2.24. The van der Waals surface area contributed by atoms with Gasteiger partial charge in [0.15, 0.2) is 0 Å². The molecule has 0 fully saturated rings. The molecule has 0 atom stereocenters. The molecule has 0 N–H and O–H groups in total. The highest BCUT2D eigenvalue weighted by molar-refractivity contribution is 7.18. The molecule has 0 spiro atoms. The summed E-state index contributed by atoms with van der Waals surface area (Å²) in [5, 5.41) is 0. The quantitative estimate of drug-likeness (QED) is 0.141. The molecular weight excluding hydrogens is 689 g/mol. The highest BCUT2D eigenvalue weighted by Gasteiger charge is 2.16. The summed E-state index contributed by atoms with van der Waals surface area (Å²) in [4.78, 5) is 16.3. The van der Waals surface area contributed by atoms with Crippen LogP contribution >= 0.6 is 11.3 Å². The van der Waals surface area contributed by atoms with E-state index in [0.29, 0.717) is 0 Å². The number of aromatic nitrogens is 2. The highest BCUT2D eigenvalue weighted by Crippen LogP contribution is 2.40. The van der Waals surface area contributed by atoms with Gasteiger partial charge in [-0.15, -0.1) is 11.3 Å². The normalized spacial score (nSPS) is 10.9. The van der Waals surface area contributed by atoms with Gasteiger partial charge in [-0.2, -0.15) is 0 Å². The summed E-state index contributed by atoms with van der Waals surface area (Å²) in [6, 6.07) is 72.3. The number of rotatable bonds is 10. The van der Waals surface area contributed by atoms with Crippen molar-refractivity contribution < 1.29 is 0 Å². The zero-order valence-electron chi connectivity index (χ0n) is 30.0. The second kappa shape index (κ2) is 15.5. The van der Waals surface area contributed by atoms with E-state index in [0.717, 1.165) is 34.4 Å². The Labute approximate surface area is 325 Å². The number of pyridine rings is 2. The average molecular weight is 725 g/mol. The summed E-state index contributed by atoms with van der Waals surface area (Å²) in [6.45, 7) is 0. The molecule has 3 aromatic heterocycles. The summed E-state index contributed by atoms with van der Waals surface area (Å²) in [5.74, 6) is 1.74. The molecule has 0 saturated carbocycles. The van der Waals surface area contributed by atoms with Gasteiger partial charge in [-0.25, -0.2) is 9.97 Å². The van der Waals surface area contributed by atoms with Gasteiger partial charge in [-0.05, 0) is 118 Å². The second-order valence-corrected chi connectivity index (χ2v) is 14.2. The summed E-state index contributed by atoms with van der Waals surface area (Å²) in [6.07, 6.45) is 3.68. The van der Waals surface area contributed by atoms with Crippen molar-refractivity contribution in [3.63, 3.8) is 0 Å². The number of hydrogen-bond acceptors (Lipinski definition) is 5. The summed E-state index contributed by atoms with van der Waals surface area (Å²) in [5.41, 5.74) is 11.3. The Morgan fingerprint density at radius 3 is 0.909 bits per heavy atom. The minimum absolute atomic E-state index is 0.871. The largest absolute Gasteiger partial charge is 0.295 e. The number of anilines is 6. The van der Waals surface area contributed by atoms with Crippen LogP contribution in [0.1, 0.15) is 0 Å². The van der Waals surface area contributed by atoms with Crippen LogP contribution in [0.5, 0.6) is 0 Å². The van der Waals surface area contributed by atoms with Crippen molar-refractivity contribution in [2.75, 3.05) is 9.80 Å². The van der Waals surface area contributed by atoms with E-state index >= 15 is 0 Å². The number of thiophene rings is 1. The SMILES string of the molecule is c1ccc(-c2ccc(N(c3ccc(-c4ccc(-c5ccc(N(c6ccc(-c7ccccc7)cc6)c6ccccn6)cc5)s4)cc3)c3ccccn3)cc2)cc1. The molecule has 0 aliphatic rings. The van der Waals surface area contributed by atoms with Gasteiger partial charge in [0.05, 0.1) is 0 Å². The maximum atomic E-state index is 4.72. The van der Waals surface area contributed by atoms with Crippen molar-refractivity contribution >= 4 is 45.7 Å². The predicted molar refractivity (Wildman–Crippen MR) is 231 cm³/mol. The van der Waals surface area contributed by atoms with E-state index in [2.05, 4.69) is 168 Å². The standard InChI is InChI=1S/C50H36N4S/c1-3-11-37(12-4-1)39-17-25-43(26-18-39)53(49-15-7-9-35-51-49)45-29-21-41(22-30-45)47-33-34-48(55-47)42-23-31-46(32-24-42)54(50-16-8-10-36-52-50)44-27-19-40(20-28-44)38-13-5-2-6-14-38/h1-36H. The summed E-state index contributed by atoms with van der Waals surface area (Å²) in [7, 11) is 0. The van der Waals surface area contributed by atoms with Gasteiger partial charge in [0.2, 0.25) is 0 Å². The monoisotopic (exact) mass is 724 g/mol. The molecule has 9 rings (SSSR count). The van der Waals surface area contributed by atoms with E-state index in [4.69, 9.17) is 9.97 Å². The first-order chi connectivity index (χ1) is 27.3. The fourth-order valence-electron chi connectivity index (χ4n) is 6.86. The van der Waals surface area contributed by atoms with E-state index < -0.39 is 0 Å². The molecule has 6 aromatic carbocycles. The molecule has 5 heteroatoms. The van der Waals surface area contributed by atoms with E-state index in [1.54, 1.807) is 11.3 Å². The van der Waals surface area contributed by atoms with Gasteiger partial charge < -0.3 is 0 Å². The van der Waals surface area contributed by atoms with Crippen LogP contribution in [0.25, 0.3) is 43.1 Å². The van der Waals surface area contributed by atoms with Crippen molar-refractivity contribution in [2.24, 2.45) is 0 Å². The third kappa shape index (κ3) is 7.30. The van der Waals surface area contributed by atoms with Gasteiger partial charge in [-0.3, -0.25) is 9.80 Å². The van der Waals surface area contributed by atoms with Crippen LogP contribution in [0, 0.1) is 0 Å². The van der Waals surface area contributed by atoms with Crippen molar-refractivity contribution in [1.29, 1.82) is 0 Å². The fraction of sp³-hybridized carbons (Fsp3) is 0. The number of benzene rings is 6. The molecule has 0 radical (unpaired) electrons. The zero-order chi connectivity index (χ0) is 36.8. The molecule has 9 aromatic rings. The molecule has 0 aliphatic carbocycles. The molecule has 4 nitrogen and oxygen atoms in total. The first-order valence-corrected chi connectivity index (χ1v) is 19.1. The molecular formula is C50H36N4S.